The molecule has 0 aromatic heterocycles. The largest absolute Gasteiger partial charge is 0.471 e. The summed E-state index contributed by atoms with van der Waals surface area (Å²) in [6.45, 7) is 1.52. The molecule has 1 saturated carbocycles. The van der Waals surface area contributed by atoms with E-state index in [2.05, 4.69) is 5.32 Å². The summed E-state index contributed by atoms with van der Waals surface area (Å²) in [6.07, 6.45) is -1.09. The van der Waals surface area contributed by atoms with Crippen LogP contribution in [0, 0.1) is 5.92 Å². The first-order valence-electron chi connectivity index (χ1n) is 6.63. The number of nitrogens with one attached hydrogen (secondary N) is 2. The number of alkyl halides is 3. The maximum absolute atomic E-state index is 12.1. The lowest BCUT2D eigenvalue weighted by Crippen LogP contribution is -2.30. The van der Waals surface area contributed by atoms with Crippen LogP contribution in [0.4, 0.5) is 18.9 Å². The highest BCUT2D eigenvalue weighted by molar-refractivity contribution is 5.94. The van der Waals surface area contributed by atoms with Crippen molar-refractivity contribution >= 4 is 11.6 Å². The molecule has 0 aliphatic heterocycles. The standard InChI is InChI=1S/C14H17F3N2O/c15-14(16,17)13(20)19-12-6-2-5-11(7-12)9-18-8-10-3-1-4-10/h2,5-7,10,18H,1,3-4,8-9H2,(H,19,20). The van der Waals surface area contributed by atoms with Crippen molar-refractivity contribution in [3.63, 3.8) is 0 Å². The summed E-state index contributed by atoms with van der Waals surface area (Å²) in [5, 5.41) is 5.13. The number of amides is 1. The first-order chi connectivity index (χ1) is 9.45. The van der Waals surface area contributed by atoms with Crippen LogP contribution in [0.1, 0.15) is 24.8 Å². The van der Waals surface area contributed by atoms with Gasteiger partial charge in [0.05, 0.1) is 0 Å². The average molecular weight is 286 g/mol. The second-order valence-corrected chi connectivity index (χ2v) is 5.08. The number of benzene rings is 1. The van der Waals surface area contributed by atoms with Crippen molar-refractivity contribution < 1.29 is 18.0 Å². The first kappa shape index (κ1) is 14.8. The third-order valence-electron chi connectivity index (χ3n) is 3.43. The summed E-state index contributed by atoms with van der Waals surface area (Å²) in [4.78, 5) is 10.8. The van der Waals surface area contributed by atoms with E-state index in [-0.39, 0.29) is 5.69 Å². The molecule has 0 atom stereocenters. The fraction of sp³-hybridized carbons (Fsp3) is 0.500. The number of carbonyl (C=O) groups is 1. The van der Waals surface area contributed by atoms with E-state index in [0.29, 0.717) is 6.54 Å². The molecule has 1 amide bonds. The fourth-order valence-corrected chi connectivity index (χ4v) is 2.08. The molecular weight excluding hydrogens is 269 g/mol. The number of hydrogen-bond acceptors (Lipinski definition) is 2. The van der Waals surface area contributed by atoms with Crippen LogP contribution < -0.4 is 10.6 Å². The summed E-state index contributed by atoms with van der Waals surface area (Å²) in [7, 11) is 0. The van der Waals surface area contributed by atoms with E-state index in [0.717, 1.165) is 18.0 Å². The molecule has 0 bridgehead atoms. The van der Waals surface area contributed by atoms with Crippen molar-refractivity contribution in [3.05, 3.63) is 29.8 Å². The Morgan fingerprint density at radius 1 is 1.30 bits per heavy atom. The molecule has 3 nitrogen and oxygen atoms in total. The van der Waals surface area contributed by atoms with Gasteiger partial charge in [-0.25, -0.2) is 0 Å². The van der Waals surface area contributed by atoms with E-state index in [1.807, 2.05) is 11.4 Å². The second kappa shape index (κ2) is 6.26. The van der Waals surface area contributed by atoms with E-state index in [1.54, 1.807) is 12.1 Å². The molecule has 1 aliphatic carbocycles. The topological polar surface area (TPSA) is 41.1 Å². The van der Waals surface area contributed by atoms with Gasteiger partial charge in [0.1, 0.15) is 0 Å². The number of carbonyl (C=O) groups excluding carboxylic acids is 1. The number of rotatable bonds is 5. The lowest BCUT2D eigenvalue weighted by molar-refractivity contribution is -0.167. The van der Waals surface area contributed by atoms with Crippen molar-refractivity contribution in [2.24, 2.45) is 5.92 Å². The van der Waals surface area contributed by atoms with E-state index in [4.69, 9.17) is 0 Å². The summed E-state index contributed by atoms with van der Waals surface area (Å²) in [5.41, 5.74) is 1.01. The van der Waals surface area contributed by atoms with Crippen molar-refractivity contribution in [1.29, 1.82) is 0 Å². The Morgan fingerprint density at radius 3 is 2.65 bits per heavy atom. The zero-order valence-corrected chi connectivity index (χ0v) is 11.0. The zero-order valence-electron chi connectivity index (χ0n) is 11.0. The Hall–Kier alpha value is -1.56. The minimum Gasteiger partial charge on any atom is -0.318 e. The molecule has 1 aromatic carbocycles. The maximum Gasteiger partial charge on any atom is 0.471 e. The summed E-state index contributed by atoms with van der Waals surface area (Å²) in [6, 6.07) is 6.44. The van der Waals surface area contributed by atoms with Gasteiger partial charge in [-0.1, -0.05) is 18.6 Å². The van der Waals surface area contributed by atoms with Gasteiger partial charge < -0.3 is 10.6 Å². The molecule has 0 saturated heterocycles. The van der Waals surface area contributed by atoms with Crippen LogP contribution in [-0.2, 0) is 11.3 Å². The molecule has 1 aliphatic rings. The molecular formula is C14H17F3N2O. The zero-order chi connectivity index (χ0) is 14.6. The Labute approximate surface area is 115 Å². The van der Waals surface area contributed by atoms with Crippen LogP contribution in [0.3, 0.4) is 0 Å². The van der Waals surface area contributed by atoms with Gasteiger partial charge in [0.2, 0.25) is 0 Å². The predicted octanol–water partition coefficient (Wildman–Crippen LogP) is 3.08. The maximum atomic E-state index is 12.1. The molecule has 2 N–H and O–H groups in total. The minimum atomic E-state index is -4.86. The predicted molar refractivity (Wildman–Crippen MR) is 70.2 cm³/mol. The molecule has 2 rings (SSSR count). The number of halogens is 3. The van der Waals surface area contributed by atoms with Crippen LogP contribution in [-0.4, -0.2) is 18.6 Å². The van der Waals surface area contributed by atoms with Gasteiger partial charge in [-0.15, -0.1) is 0 Å². The van der Waals surface area contributed by atoms with Gasteiger partial charge in [-0.3, -0.25) is 4.79 Å². The molecule has 110 valence electrons. The van der Waals surface area contributed by atoms with Crippen LogP contribution in [0.2, 0.25) is 0 Å². The first-order valence-corrected chi connectivity index (χ1v) is 6.63. The van der Waals surface area contributed by atoms with Crippen LogP contribution in [0.5, 0.6) is 0 Å². The molecule has 0 spiro atoms. The summed E-state index contributed by atoms with van der Waals surface area (Å²) < 4.78 is 36.4. The molecule has 0 heterocycles. The van der Waals surface area contributed by atoms with Crippen LogP contribution in [0.25, 0.3) is 0 Å². The Morgan fingerprint density at radius 2 is 2.05 bits per heavy atom. The van der Waals surface area contributed by atoms with Gasteiger partial charge in [-0.2, -0.15) is 13.2 Å². The molecule has 1 aromatic rings. The van der Waals surface area contributed by atoms with E-state index >= 15 is 0 Å². The van der Waals surface area contributed by atoms with Gasteiger partial charge in [-0.05, 0) is 43.0 Å². The van der Waals surface area contributed by atoms with E-state index in [1.165, 1.54) is 25.3 Å². The normalized spacial score (nSPS) is 15.8. The van der Waals surface area contributed by atoms with Gasteiger partial charge in [0, 0.05) is 12.2 Å². The third kappa shape index (κ3) is 4.23. The molecule has 1 fully saturated rings. The monoisotopic (exact) mass is 286 g/mol. The lowest BCUT2D eigenvalue weighted by atomic mass is 9.85. The summed E-state index contributed by atoms with van der Waals surface area (Å²) >= 11 is 0. The highest BCUT2D eigenvalue weighted by atomic mass is 19.4. The van der Waals surface area contributed by atoms with Crippen LogP contribution >= 0.6 is 0 Å². The highest BCUT2D eigenvalue weighted by Gasteiger charge is 2.38. The minimum absolute atomic E-state index is 0.162. The number of anilines is 1. The highest BCUT2D eigenvalue weighted by Crippen LogP contribution is 2.25. The van der Waals surface area contributed by atoms with E-state index < -0.39 is 12.1 Å². The van der Waals surface area contributed by atoms with Crippen molar-refractivity contribution in [2.75, 3.05) is 11.9 Å². The Bertz CT molecular complexity index is 470. The van der Waals surface area contributed by atoms with Gasteiger partial charge in [0.15, 0.2) is 0 Å². The number of hydrogen-bond donors (Lipinski definition) is 2. The van der Waals surface area contributed by atoms with Crippen molar-refractivity contribution in [2.45, 2.75) is 32.0 Å². The molecule has 0 radical (unpaired) electrons. The van der Waals surface area contributed by atoms with Crippen molar-refractivity contribution in [3.8, 4) is 0 Å². The smallest absolute Gasteiger partial charge is 0.318 e. The fourth-order valence-electron chi connectivity index (χ4n) is 2.08. The van der Waals surface area contributed by atoms with Gasteiger partial charge >= 0.3 is 12.1 Å². The Balaban J connectivity index is 1.85. The van der Waals surface area contributed by atoms with Crippen LogP contribution in [0.15, 0.2) is 24.3 Å². The SMILES string of the molecule is O=C(Nc1cccc(CNCC2CCC2)c1)C(F)(F)F. The molecule has 20 heavy (non-hydrogen) atoms. The molecule has 0 unspecified atom stereocenters. The Kier molecular flexibility index (Phi) is 4.65. The quantitative estimate of drug-likeness (QED) is 0.873. The molecule has 6 heteroatoms. The van der Waals surface area contributed by atoms with E-state index in [9.17, 15) is 18.0 Å². The average Bonchev–Trinajstić information content (AvgIpc) is 2.31. The third-order valence-corrected chi connectivity index (χ3v) is 3.43. The van der Waals surface area contributed by atoms with Gasteiger partial charge in [0.25, 0.3) is 0 Å². The second-order valence-electron chi connectivity index (χ2n) is 5.08. The lowest BCUT2D eigenvalue weighted by Gasteiger charge is -2.25. The van der Waals surface area contributed by atoms with Crippen molar-refractivity contribution in [1.82, 2.24) is 5.32 Å². The summed E-state index contributed by atoms with van der Waals surface area (Å²) in [5.74, 6) is -1.22.